The number of nitrogens with zero attached hydrogens (tertiary/aromatic N) is 2. The van der Waals surface area contributed by atoms with Gasteiger partial charge >= 0.3 is 0 Å². The van der Waals surface area contributed by atoms with Gasteiger partial charge in [0, 0.05) is 5.56 Å². The van der Waals surface area contributed by atoms with Gasteiger partial charge in [0.15, 0.2) is 5.11 Å². The Morgan fingerprint density at radius 3 is 2.70 bits per heavy atom. The second-order valence-corrected chi connectivity index (χ2v) is 5.38. The number of methoxy groups -OCH3 is 1. The highest BCUT2D eigenvalue weighted by molar-refractivity contribution is 7.80. The number of benzene rings is 1. The monoisotopic (exact) mass is 291 g/mol. The molecule has 0 amide bonds. The van der Waals surface area contributed by atoms with Gasteiger partial charge in [0.2, 0.25) is 0 Å². The molecule has 0 unspecified atom stereocenters. The van der Waals surface area contributed by atoms with E-state index < -0.39 is 0 Å². The van der Waals surface area contributed by atoms with Crippen LogP contribution >= 0.6 is 12.2 Å². The standard InChI is InChI=1S/C15H21N3OS/c1-19-14-10-6-5-7-12(14)11-17-18(15(16)20)13-8-3-2-4-9-13/h5-7,10-11,13H,2-4,8-9H2,1H3,(H2,16,20). The third kappa shape index (κ3) is 3.70. The van der Waals surface area contributed by atoms with Crippen molar-refractivity contribution >= 4 is 23.5 Å². The Morgan fingerprint density at radius 1 is 1.35 bits per heavy atom. The van der Waals surface area contributed by atoms with Crippen LogP contribution in [0.3, 0.4) is 0 Å². The summed E-state index contributed by atoms with van der Waals surface area (Å²) >= 11 is 5.13. The Balaban J connectivity index is 2.14. The number of hydrogen-bond acceptors (Lipinski definition) is 3. The number of para-hydroxylation sites is 1. The van der Waals surface area contributed by atoms with Crippen LogP contribution in [0.4, 0.5) is 0 Å². The van der Waals surface area contributed by atoms with Crippen LogP contribution in [0.25, 0.3) is 0 Å². The summed E-state index contributed by atoms with van der Waals surface area (Å²) in [6, 6.07) is 8.08. The van der Waals surface area contributed by atoms with Crippen LogP contribution in [0.2, 0.25) is 0 Å². The van der Waals surface area contributed by atoms with Gasteiger partial charge in [-0.3, -0.25) is 0 Å². The van der Waals surface area contributed by atoms with E-state index in [1.54, 1.807) is 18.3 Å². The maximum Gasteiger partial charge on any atom is 0.187 e. The predicted octanol–water partition coefficient (Wildman–Crippen LogP) is 2.91. The number of nitrogens with two attached hydrogens (primary N) is 1. The first-order chi connectivity index (χ1) is 9.72. The molecule has 0 spiro atoms. The van der Waals surface area contributed by atoms with E-state index in [1.807, 2.05) is 24.3 Å². The molecule has 1 aliphatic carbocycles. The van der Waals surface area contributed by atoms with Gasteiger partial charge in [-0.25, -0.2) is 5.01 Å². The van der Waals surface area contributed by atoms with Crippen LogP contribution in [0.1, 0.15) is 37.7 Å². The molecule has 1 fully saturated rings. The van der Waals surface area contributed by atoms with E-state index in [2.05, 4.69) is 5.10 Å². The van der Waals surface area contributed by atoms with Gasteiger partial charge in [0.25, 0.3) is 0 Å². The number of hydrazone groups is 1. The van der Waals surface area contributed by atoms with Crippen molar-refractivity contribution in [2.45, 2.75) is 38.1 Å². The van der Waals surface area contributed by atoms with E-state index in [9.17, 15) is 0 Å². The van der Waals surface area contributed by atoms with E-state index >= 15 is 0 Å². The topological polar surface area (TPSA) is 50.8 Å². The first-order valence-electron chi connectivity index (χ1n) is 6.98. The number of thiocarbonyl (C=S) groups is 1. The van der Waals surface area contributed by atoms with Gasteiger partial charge in [-0.2, -0.15) is 5.10 Å². The SMILES string of the molecule is COc1ccccc1C=NN(C(N)=S)C1CCCCC1. The highest BCUT2D eigenvalue weighted by Crippen LogP contribution is 2.23. The molecule has 2 rings (SSSR count). The first kappa shape index (κ1) is 14.8. The number of rotatable bonds is 4. The van der Waals surface area contributed by atoms with Crippen LogP contribution in [0.5, 0.6) is 5.75 Å². The van der Waals surface area contributed by atoms with E-state index in [4.69, 9.17) is 22.7 Å². The summed E-state index contributed by atoms with van der Waals surface area (Å²) in [5, 5.41) is 6.60. The van der Waals surface area contributed by atoms with Gasteiger partial charge in [0.05, 0.1) is 19.4 Å². The molecular formula is C15H21N3OS. The molecule has 108 valence electrons. The molecule has 0 radical (unpaired) electrons. The highest BCUT2D eigenvalue weighted by Gasteiger charge is 2.21. The van der Waals surface area contributed by atoms with Gasteiger partial charge < -0.3 is 10.5 Å². The van der Waals surface area contributed by atoms with Gasteiger partial charge in [-0.05, 0) is 37.2 Å². The van der Waals surface area contributed by atoms with E-state index in [1.165, 1.54) is 19.3 Å². The molecular weight excluding hydrogens is 270 g/mol. The molecule has 1 saturated carbocycles. The Hall–Kier alpha value is -1.62. The summed E-state index contributed by atoms with van der Waals surface area (Å²) in [4.78, 5) is 0. The minimum Gasteiger partial charge on any atom is -0.496 e. The fourth-order valence-electron chi connectivity index (χ4n) is 2.55. The zero-order chi connectivity index (χ0) is 14.4. The lowest BCUT2D eigenvalue weighted by Gasteiger charge is -2.30. The van der Waals surface area contributed by atoms with E-state index in [0.717, 1.165) is 24.2 Å². The summed E-state index contributed by atoms with van der Waals surface area (Å²) in [5.41, 5.74) is 6.74. The molecule has 20 heavy (non-hydrogen) atoms. The molecule has 1 aromatic carbocycles. The molecule has 2 N–H and O–H groups in total. The predicted molar refractivity (Wildman–Crippen MR) is 86.1 cm³/mol. The van der Waals surface area contributed by atoms with Gasteiger partial charge in [-0.1, -0.05) is 31.4 Å². The highest BCUT2D eigenvalue weighted by atomic mass is 32.1. The van der Waals surface area contributed by atoms with Gasteiger partial charge in [-0.15, -0.1) is 0 Å². The molecule has 4 nitrogen and oxygen atoms in total. The normalized spacial score (nSPS) is 16.2. The summed E-state index contributed by atoms with van der Waals surface area (Å²) in [6.07, 6.45) is 7.69. The minimum atomic E-state index is 0.326. The summed E-state index contributed by atoms with van der Waals surface area (Å²) < 4.78 is 5.31. The fourth-order valence-corrected chi connectivity index (χ4v) is 2.75. The lowest BCUT2D eigenvalue weighted by atomic mass is 9.95. The average molecular weight is 291 g/mol. The summed E-state index contributed by atoms with van der Waals surface area (Å²) in [7, 11) is 1.65. The van der Waals surface area contributed by atoms with Crippen molar-refractivity contribution < 1.29 is 4.74 Å². The quantitative estimate of drug-likeness (QED) is 0.526. The zero-order valence-electron chi connectivity index (χ0n) is 11.8. The van der Waals surface area contributed by atoms with Crippen molar-refractivity contribution in [2.24, 2.45) is 10.8 Å². The van der Waals surface area contributed by atoms with Crippen molar-refractivity contribution in [3.05, 3.63) is 29.8 Å². The molecule has 1 aromatic rings. The lowest BCUT2D eigenvalue weighted by molar-refractivity contribution is 0.254. The third-order valence-corrected chi connectivity index (χ3v) is 3.79. The lowest BCUT2D eigenvalue weighted by Crippen LogP contribution is -2.40. The summed E-state index contributed by atoms with van der Waals surface area (Å²) in [6.45, 7) is 0. The smallest absolute Gasteiger partial charge is 0.187 e. The van der Waals surface area contributed by atoms with Crippen LogP contribution in [-0.2, 0) is 0 Å². The largest absolute Gasteiger partial charge is 0.496 e. The second-order valence-electron chi connectivity index (χ2n) is 4.96. The maximum atomic E-state index is 5.81. The molecule has 0 heterocycles. The maximum absolute atomic E-state index is 5.81. The number of ether oxygens (including phenoxy) is 1. The Morgan fingerprint density at radius 2 is 2.05 bits per heavy atom. The molecule has 0 aliphatic heterocycles. The van der Waals surface area contributed by atoms with Crippen LogP contribution in [0.15, 0.2) is 29.4 Å². The zero-order valence-corrected chi connectivity index (χ0v) is 12.6. The van der Waals surface area contributed by atoms with Crippen molar-refractivity contribution in [3.8, 4) is 5.75 Å². The Bertz CT molecular complexity index is 484. The van der Waals surface area contributed by atoms with Crippen LogP contribution in [0, 0.1) is 0 Å². The van der Waals surface area contributed by atoms with Crippen molar-refractivity contribution in [1.82, 2.24) is 5.01 Å². The average Bonchev–Trinajstić information content (AvgIpc) is 2.48. The fraction of sp³-hybridized carbons (Fsp3) is 0.467. The van der Waals surface area contributed by atoms with Crippen molar-refractivity contribution in [3.63, 3.8) is 0 Å². The third-order valence-electron chi connectivity index (χ3n) is 3.61. The Labute approximate surface area is 125 Å². The Kier molecular flexibility index (Phi) is 5.35. The molecule has 0 atom stereocenters. The van der Waals surface area contributed by atoms with E-state index in [-0.39, 0.29) is 0 Å². The van der Waals surface area contributed by atoms with Gasteiger partial charge in [0.1, 0.15) is 5.75 Å². The first-order valence-corrected chi connectivity index (χ1v) is 7.39. The molecule has 5 heteroatoms. The molecule has 0 saturated heterocycles. The molecule has 0 bridgehead atoms. The molecule has 1 aliphatic rings. The molecule has 0 aromatic heterocycles. The van der Waals surface area contributed by atoms with E-state index in [0.29, 0.717) is 11.2 Å². The van der Waals surface area contributed by atoms with Crippen molar-refractivity contribution in [1.29, 1.82) is 0 Å². The second kappa shape index (κ2) is 7.24. The minimum absolute atomic E-state index is 0.326. The van der Waals surface area contributed by atoms with Crippen LogP contribution in [-0.4, -0.2) is 29.5 Å². The summed E-state index contributed by atoms with van der Waals surface area (Å²) in [5.74, 6) is 0.794. The number of hydrogen-bond donors (Lipinski definition) is 1. The van der Waals surface area contributed by atoms with Crippen molar-refractivity contribution in [2.75, 3.05) is 7.11 Å². The van der Waals surface area contributed by atoms with Crippen LogP contribution < -0.4 is 10.5 Å².